The Bertz CT molecular complexity index is 898. The average molecular weight is 568 g/mol. The number of hydrogen-bond donors (Lipinski definition) is 3. The van der Waals surface area contributed by atoms with Gasteiger partial charge in [-0.2, -0.15) is 0 Å². The Hall–Kier alpha value is -3.45. The van der Waals surface area contributed by atoms with Gasteiger partial charge in [0.15, 0.2) is 0 Å². The van der Waals surface area contributed by atoms with E-state index in [4.69, 9.17) is 0 Å². The fourth-order valence-corrected chi connectivity index (χ4v) is 3.48. The molecule has 1 unspecified atom stereocenters. The second-order valence-electron chi connectivity index (χ2n) is 9.31. The molecule has 0 radical (unpaired) electrons. The summed E-state index contributed by atoms with van der Waals surface area (Å²) in [5.41, 5.74) is 0. The van der Waals surface area contributed by atoms with Crippen LogP contribution in [-0.2, 0) is 19.1 Å². The molecule has 0 bridgehead atoms. The van der Waals surface area contributed by atoms with Crippen LogP contribution < -0.4 is 16.0 Å². The molecule has 0 aromatic carbocycles. The van der Waals surface area contributed by atoms with Crippen LogP contribution in [0.1, 0.15) is 78.1 Å². The molecule has 228 valence electrons. The number of methoxy groups -OCH3 is 1. The number of ether oxygens (including phenoxy) is 1. The van der Waals surface area contributed by atoms with Crippen LogP contribution in [0.15, 0.2) is 85.1 Å². The monoisotopic (exact) mass is 567 g/mol. The lowest BCUT2D eigenvalue weighted by Crippen LogP contribution is -2.37. The molecule has 1 atom stereocenters. The van der Waals surface area contributed by atoms with E-state index in [1.165, 1.54) is 7.11 Å². The number of carbonyl (C=O) groups excluding carboxylic acids is 3. The lowest BCUT2D eigenvalue weighted by molar-refractivity contribution is -0.135. The fourth-order valence-electron chi connectivity index (χ4n) is 3.48. The number of esters is 1. The van der Waals surface area contributed by atoms with E-state index in [2.05, 4.69) is 107 Å². The minimum Gasteiger partial charge on any atom is -0.466 e. The van der Waals surface area contributed by atoms with Gasteiger partial charge in [-0.25, -0.2) is 4.79 Å². The number of nitrogens with one attached hydrogen (secondary N) is 3. The van der Waals surface area contributed by atoms with Crippen molar-refractivity contribution in [2.75, 3.05) is 26.7 Å². The van der Waals surface area contributed by atoms with E-state index in [9.17, 15) is 14.4 Å². The van der Waals surface area contributed by atoms with Crippen LogP contribution in [0.4, 0.5) is 0 Å². The summed E-state index contributed by atoms with van der Waals surface area (Å²) in [7, 11) is 1.26. The molecule has 0 saturated carbocycles. The summed E-state index contributed by atoms with van der Waals surface area (Å²) in [6.45, 7) is 5.99. The van der Waals surface area contributed by atoms with Gasteiger partial charge in [0.2, 0.25) is 11.8 Å². The van der Waals surface area contributed by atoms with E-state index in [1.54, 1.807) is 0 Å². The first-order chi connectivity index (χ1) is 20.0. The molecule has 0 aliphatic rings. The summed E-state index contributed by atoms with van der Waals surface area (Å²) in [5, 5.41) is 9.03. The van der Waals surface area contributed by atoms with Gasteiger partial charge < -0.3 is 20.7 Å². The molecule has 0 heterocycles. The third-order valence-electron chi connectivity index (χ3n) is 5.84. The minimum absolute atomic E-state index is 0.0704. The van der Waals surface area contributed by atoms with Crippen molar-refractivity contribution in [3.8, 4) is 0 Å². The molecule has 0 spiro atoms. The Kier molecular flexibility index (Phi) is 27.0. The Morgan fingerprint density at radius 2 is 1.22 bits per heavy atom. The topological polar surface area (TPSA) is 96.5 Å². The predicted molar refractivity (Wildman–Crippen MR) is 171 cm³/mol. The van der Waals surface area contributed by atoms with Crippen molar-refractivity contribution >= 4 is 17.8 Å². The highest BCUT2D eigenvalue weighted by Crippen LogP contribution is 2.01. The normalized spacial score (nSPS) is 13.1. The lowest BCUT2D eigenvalue weighted by atomic mass is 10.1. The van der Waals surface area contributed by atoms with Gasteiger partial charge in [0, 0.05) is 37.7 Å². The zero-order valence-electron chi connectivity index (χ0n) is 25.5. The number of allylic oxidation sites excluding steroid dienone is 12. The molecular weight excluding hydrogens is 514 g/mol. The third kappa shape index (κ3) is 27.9. The highest BCUT2D eigenvalue weighted by molar-refractivity contribution is 5.94. The van der Waals surface area contributed by atoms with Crippen molar-refractivity contribution in [3.05, 3.63) is 85.1 Å². The molecule has 7 nitrogen and oxygen atoms in total. The second kappa shape index (κ2) is 29.5. The summed E-state index contributed by atoms with van der Waals surface area (Å²) < 4.78 is 4.43. The quantitative estimate of drug-likeness (QED) is 0.0560. The second-order valence-corrected chi connectivity index (χ2v) is 9.31. The average Bonchev–Trinajstić information content (AvgIpc) is 2.98. The predicted octanol–water partition coefficient (Wildman–Crippen LogP) is 6.18. The Balaban J connectivity index is 3.81. The molecule has 7 heteroatoms. The highest BCUT2D eigenvalue weighted by atomic mass is 16.5. The molecule has 0 aliphatic heterocycles. The van der Waals surface area contributed by atoms with Crippen molar-refractivity contribution in [3.63, 3.8) is 0 Å². The largest absolute Gasteiger partial charge is 0.466 e. The van der Waals surface area contributed by atoms with Crippen molar-refractivity contribution in [1.82, 2.24) is 16.0 Å². The summed E-state index contributed by atoms with van der Waals surface area (Å²) in [6, 6.07) is 0.123. The molecular formula is C34H53N3O4. The molecule has 0 aromatic rings. The van der Waals surface area contributed by atoms with Crippen LogP contribution in [-0.4, -0.2) is 50.6 Å². The summed E-state index contributed by atoms with van der Waals surface area (Å²) in [5.74, 6) is -0.841. The number of amides is 2. The zero-order valence-corrected chi connectivity index (χ0v) is 25.5. The van der Waals surface area contributed by atoms with Gasteiger partial charge in [-0.15, -0.1) is 0 Å². The summed E-state index contributed by atoms with van der Waals surface area (Å²) in [6.07, 6.45) is 37.1. The van der Waals surface area contributed by atoms with E-state index in [-0.39, 0.29) is 17.9 Å². The first kappa shape index (κ1) is 37.6. The molecule has 3 N–H and O–H groups in total. The van der Waals surface area contributed by atoms with Crippen molar-refractivity contribution in [2.45, 2.75) is 84.1 Å². The van der Waals surface area contributed by atoms with Crippen LogP contribution in [0.5, 0.6) is 0 Å². The standard InChI is InChI=1S/C34H53N3O4/c1-4-6-7-8-9-10-11-12-13-14-15-16-17-18-19-20-21-22-23-24-33(39)37-31(5-2)27-28-35-29-30-36-32(38)25-26-34(40)41-3/h6-7,9-10,12-13,15-16,18-19,21-22,25-26,31,35H,4-5,8,11,14,17,20,23-24,27-30H2,1-3H3,(H,36,38)(H,37,39)/b7-6-,10-9-,13-12-,16-15-,19-18-,22-21-,26-25?. The van der Waals surface area contributed by atoms with E-state index in [0.29, 0.717) is 19.5 Å². The zero-order chi connectivity index (χ0) is 30.2. The van der Waals surface area contributed by atoms with Crippen LogP contribution >= 0.6 is 0 Å². The first-order valence-corrected chi connectivity index (χ1v) is 15.0. The first-order valence-electron chi connectivity index (χ1n) is 15.0. The lowest BCUT2D eigenvalue weighted by Gasteiger charge is -2.17. The van der Waals surface area contributed by atoms with Gasteiger partial charge in [-0.1, -0.05) is 86.8 Å². The van der Waals surface area contributed by atoms with Crippen LogP contribution in [0.3, 0.4) is 0 Å². The molecule has 41 heavy (non-hydrogen) atoms. The van der Waals surface area contributed by atoms with Gasteiger partial charge in [-0.3, -0.25) is 9.59 Å². The molecule has 0 saturated heterocycles. The van der Waals surface area contributed by atoms with Gasteiger partial charge in [0.25, 0.3) is 0 Å². The summed E-state index contributed by atoms with van der Waals surface area (Å²) in [4.78, 5) is 34.8. The molecule has 0 fully saturated rings. The van der Waals surface area contributed by atoms with Crippen molar-refractivity contribution < 1.29 is 19.1 Å². The smallest absolute Gasteiger partial charge is 0.330 e. The van der Waals surface area contributed by atoms with E-state index in [1.807, 2.05) is 0 Å². The Labute approximate surface area is 248 Å². The Morgan fingerprint density at radius 1 is 0.683 bits per heavy atom. The van der Waals surface area contributed by atoms with E-state index in [0.717, 1.165) is 76.5 Å². The van der Waals surface area contributed by atoms with Crippen molar-refractivity contribution in [1.29, 1.82) is 0 Å². The number of carbonyl (C=O) groups is 3. The molecule has 0 rings (SSSR count). The van der Waals surface area contributed by atoms with Gasteiger partial charge in [0.1, 0.15) is 0 Å². The van der Waals surface area contributed by atoms with Gasteiger partial charge >= 0.3 is 5.97 Å². The van der Waals surface area contributed by atoms with Crippen LogP contribution in [0.25, 0.3) is 0 Å². The minimum atomic E-state index is -0.566. The number of hydrogen-bond acceptors (Lipinski definition) is 5. The maximum absolute atomic E-state index is 12.3. The molecule has 2 amide bonds. The highest BCUT2D eigenvalue weighted by Gasteiger charge is 2.09. The maximum atomic E-state index is 12.3. The SMILES string of the molecule is CC/C=C\C/C=C\C/C=C\C/C=C\C/C=C\C/C=C\CCC(=O)NC(CC)CCNCCNC(=O)C=CC(=O)OC. The van der Waals surface area contributed by atoms with E-state index >= 15 is 0 Å². The van der Waals surface area contributed by atoms with Crippen LogP contribution in [0, 0.1) is 0 Å². The van der Waals surface area contributed by atoms with Gasteiger partial charge in [-0.05, 0) is 64.3 Å². The maximum Gasteiger partial charge on any atom is 0.330 e. The van der Waals surface area contributed by atoms with Crippen molar-refractivity contribution in [2.24, 2.45) is 0 Å². The summed E-state index contributed by atoms with van der Waals surface area (Å²) >= 11 is 0. The van der Waals surface area contributed by atoms with E-state index < -0.39 is 5.97 Å². The third-order valence-corrected chi connectivity index (χ3v) is 5.84. The fraction of sp³-hybridized carbons (Fsp3) is 0.500. The number of rotatable bonds is 24. The van der Waals surface area contributed by atoms with Gasteiger partial charge in [0.05, 0.1) is 7.11 Å². The molecule has 0 aromatic heterocycles. The Morgan fingerprint density at radius 3 is 1.73 bits per heavy atom. The van der Waals surface area contributed by atoms with Crippen LogP contribution in [0.2, 0.25) is 0 Å². The molecule has 0 aliphatic carbocycles.